The zero-order valence-electron chi connectivity index (χ0n) is 11.4. The number of aliphatic hydroxyl groups is 1. The highest BCUT2D eigenvalue weighted by molar-refractivity contribution is 5.84. The molecule has 100 valence electrons. The zero-order valence-corrected chi connectivity index (χ0v) is 11.4. The average Bonchev–Trinajstić information content (AvgIpc) is 2.43. The van der Waals surface area contributed by atoms with Crippen LogP contribution in [0.1, 0.15) is 25.8 Å². The van der Waals surface area contributed by atoms with Crippen LogP contribution < -0.4 is 5.32 Å². The van der Waals surface area contributed by atoms with E-state index in [1.807, 2.05) is 18.5 Å². The molecule has 3 rings (SSSR count). The van der Waals surface area contributed by atoms with Crippen LogP contribution in [0.3, 0.4) is 0 Å². The van der Waals surface area contributed by atoms with Crippen LogP contribution in [0.2, 0.25) is 0 Å². The van der Waals surface area contributed by atoms with Crippen molar-refractivity contribution in [3.05, 3.63) is 42.2 Å². The third-order valence-corrected chi connectivity index (χ3v) is 4.51. The van der Waals surface area contributed by atoms with E-state index in [2.05, 4.69) is 42.3 Å². The highest BCUT2D eigenvalue weighted by Crippen LogP contribution is 2.40. The van der Waals surface area contributed by atoms with Crippen LogP contribution in [0.25, 0.3) is 10.8 Å². The molecule has 1 fully saturated rings. The van der Waals surface area contributed by atoms with Crippen molar-refractivity contribution in [3.63, 3.8) is 0 Å². The maximum atomic E-state index is 9.76. The van der Waals surface area contributed by atoms with Gasteiger partial charge in [-0.3, -0.25) is 4.98 Å². The first kappa shape index (κ1) is 12.6. The predicted octanol–water partition coefficient (Wildman–Crippen LogP) is 2.48. The fraction of sp³-hybridized carbons (Fsp3) is 0.438. The van der Waals surface area contributed by atoms with E-state index in [0.29, 0.717) is 6.04 Å². The summed E-state index contributed by atoms with van der Waals surface area (Å²) in [7, 11) is 0. The number of pyridine rings is 1. The minimum absolute atomic E-state index is 0.0297. The summed E-state index contributed by atoms with van der Waals surface area (Å²) in [5.41, 5.74) is 1.19. The summed E-state index contributed by atoms with van der Waals surface area (Å²) in [5, 5.41) is 15.7. The Morgan fingerprint density at radius 2 is 2.11 bits per heavy atom. The molecule has 1 heterocycles. The molecule has 2 atom stereocenters. The minimum atomic E-state index is -0.185. The van der Waals surface area contributed by atoms with Crippen molar-refractivity contribution in [2.75, 3.05) is 0 Å². The van der Waals surface area contributed by atoms with Gasteiger partial charge in [0.05, 0.1) is 6.10 Å². The van der Waals surface area contributed by atoms with Gasteiger partial charge in [0.25, 0.3) is 0 Å². The van der Waals surface area contributed by atoms with Gasteiger partial charge in [0.1, 0.15) is 0 Å². The Balaban J connectivity index is 1.76. The Morgan fingerprint density at radius 1 is 1.32 bits per heavy atom. The number of benzene rings is 1. The summed E-state index contributed by atoms with van der Waals surface area (Å²) in [6.07, 6.45) is 4.48. The van der Waals surface area contributed by atoms with Gasteiger partial charge in [0, 0.05) is 35.8 Å². The third-order valence-electron chi connectivity index (χ3n) is 4.51. The van der Waals surface area contributed by atoms with E-state index in [-0.39, 0.29) is 11.5 Å². The molecule has 1 aromatic carbocycles. The first-order chi connectivity index (χ1) is 9.09. The molecule has 2 unspecified atom stereocenters. The third kappa shape index (κ3) is 2.13. The van der Waals surface area contributed by atoms with Gasteiger partial charge in [-0.15, -0.1) is 0 Å². The van der Waals surface area contributed by atoms with Crippen LogP contribution in [-0.2, 0) is 6.54 Å². The number of rotatable bonds is 3. The van der Waals surface area contributed by atoms with Gasteiger partial charge in [0.15, 0.2) is 0 Å². The summed E-state index contributed by atoms with van der Waals surface area (Å²) in [6.45, 7) is 5.02. The van der Waals surface area contributed by atoms with Gasteiger partial charge in [-0.1, -0.05) is 38.1 Å². The summed E-state index contributed by atoms with van der Waals surface area (Å²) in [5.74, 6) is 0. The Bertz CT molecular complexity index is 589. The van der Waals surface area contributed by atoms with Gasteiger partial charge < -0.3 is 10.4 Å². The maximum absolute atomic E-state index is 9.76. The minimum Gasteiger partial charge on any atom is -0.392 e. The molecule has 0 bridgehead atoms. The van der Waals surface area contributed by atoms with Gasteiger partial charge >= 0.3 is 0 Å². The summed E-state index contributed by atoms with van der Waals surface area (Å²) >= 11 is 0. The standard InChI is InChI=1S/C16H20N2O/c1-16(2)14(7-15(16)19)18-10-12-9-17-8-11-5-3-4-6-13(11)12/h3-6,8-9,14-15,18-19H,7,10H2,1-2H3. The fourth-order valence-corrected chi connectivity index (χ4v) is 2.80. The second kappa shape index (κ2) is 4.58. The molecule has 0 amide bonds. The lowest BCUT2D eigenvalue weighted by atomic mass is 9.64. The van der Waals surface area contributed by atoms with Crippen molar-refractivity contribution in [1.29, 1.82) is 0 Å². The lowest BCUT2D eigenvalue weighted by Crippen LogP contribution is -2.59. The Morgan fingerprint density at radius 3 is 2.84 bits per heavy atom. The van der Waals surface area contributed by atoms with Gasteiger partial charge in [-0.2, -0.15) is 0 Å². The number of aliphatic hydroxyl groups excluding tert-OH is 1. The normalized spacial score (nSPS) is 25.2. The van der Waals surface area contributed by atoms with Crippen LogP contribution in [0.5, 0.6) is 0 Å². The lowest BCUT2D eigenvalue weighted by molar-refractivity contribution is -0.0729. The quantitative estimate of drug-likeness (QED) is 0.887. The van der Waals surface area contributed by atoms with Gasteiger partial charge in [-0.25, -0.2) is 0 Å². The molecule has 0 aliphatic heterocycles. The maximum Gasteiger partial charge on any atom is 0.0621 e. The smallest absolute Gasteiger partial charge is 0.0621 e. The van der Waals surface area contributed by atoms with Crippen molar-refractivity contribution in [1.82, 2.24) is 10.3 Å². The molecule has 0 saturated heterocycles. The van der Waals surface area contributed by atoms with Crippen LogP contribution in [-0.4, -0.2) is 22.2 Å². The number of fused-ring (bicyclic) bond motifs is 1. The molecular formula is C16H20N2O. The van der Waals surface area contributed by atoms with Crippen molar-refractivity contribution in [2.24, 2.45) is 5.41 Å². The second-order valence-electron chi connectivity index (χ2n) is 6.03. The molecule has 2 N–H and O–H groups in total. The number of hydrogen-bond acceptors (Lipinski definition) is 3. The topological polar surface area (TPSA) is 45.1 Å². The predicted molar refractivity (Wildman–Crippen MR) is 76.8 cm³/mol. The largest absolute Gasteiger partial charge is 0.392 e. The number of nitrogens with zero attached hydrogens (tertiary/aromatic N) is 1. The Labute approximate surface area is 113 Å². The first-order valence-corrected chi connectivity index (χ1v) is 6.82. The molecule has 0 radical (unpaired) electrons. The van der Waals surface area contributed by atoms with E-state index in [9.17, 15) is 5.11 Å². The monoisotopic (exact) mass is 256 g/mol. The van der Waals surface area contributed by atoms with E-state index in [0.717, 1.165) is 13.0 Å². The van der Waals surface area contributed by atoms with E-state index < -0.39 is 0 Å². The fourth-order valence-electron chi connectivity index (χ4n) is 2.80. The summed E-state index contributed by atoms with van der Waals surface area (Å²) in [6, 6.07) is 8.69. The number of nitrogens with one attached hydrogen (secondary N) is 1. The van der Waals surface area contributed by atoms with Gasteiger partial charge in [-0.05, 0) is 17.4 Å². The molecule has 19 heavy (non-hydrogen) atoms. The first-order valence-electron chi connectivity index (χ1n) is 6.82. The zero-order chi connectivity index (χ0) is 13.5. The molecule has 2 aromatic rings. The van der Waals surface area contributed by atoms with Gasteiger partial charge in [0.2, 0.25) is 0 Å². The SMILES string of the molecule is CC1(C)C(O)CC1NCc1cncc2ccccc12. The molecule has 1 saturated carbocycles. The highest BCUT2D eigenvalue weighted by Gasteiger charge is 2.46. The number of hydrogen-bond donors (Lipinski definition) is 2. The summed E-state index contributed by atoms with van der Waals surface area (Å²) in [4.78, 5) is 4.30. The van der Waals surface area contributed by atoms with E-state index in [4.69, 9.17) is 0 Å². The Kier molecular flexibility index (Phi) is 3.03. The van der Waals surface area contributed by atoms with Crippen molar-refractivity contribution in [3.8, 4) is 0 Å². The van der Waals surface area contributed by atoms with Crippen LogP contribution in [0.4, 0.5) is 0 Å². The van der Waals surface area contributed by atoms with Crippen LogP contribution in [0.15, 0.2) is 36.7 Å². The van der Waals surface area contributed by atoms with E-state index >= 15 is 0 Å². The number of aromatic nitrogens is 1. The molecule has 0 spiro atoms. The second-order valence-corrected chi connectivity index (χ2v) is 6.03. The molecule has 3 nitrogen and oxygen atoms in total. The van der Waals surface area contributed by atoms with Crippen LogP contribution in [0, 0.1) is 5.41 Å². The van der Waals surface area contributed by atoms with E-state index in [1.165, 1.54) is 16.3 Å². The molecule has 1 aliphatic carbocycles. The van der Waals surface area contributed by atoms with Crippen molar-refractivity contribution >= 4 is 10.8 Å². The molecule has 1 aliphatic rings. The lowest BCUT2D eigenvalue weighted by Gasteiger charge is -2.49. The molecule has 3 heteroatoms. The highest BCUT2D eigenvalue weighted by atomic mass is 16.3. The average molecular weight is 256 g/mol. The van der Waals surface area contributed by atoms with Crippen LogP contribution >= 0.6 is 0 Å². The molecular weight excluding hydrogens is 236 g/mol. The van der Waals surface area contributed by atoms with E-state index in [1.54, 1.807) is 0 Å². The van der Waals surface area contributed by atoms with Crippen molar-refractivity contribution < 1.29 is 5.11 Å². The summed E-state index contributed by atoms with van der Waals surface area (Å²) < 4.78 is 0. The van der Waals surface area contributed by atoms with Crippen molar-refractivity contribution in [2.45, 2.75) is 39.0 Å². The molecule has 1 aromatic heterocycles. The Hall–Kier alpha value is -1.45.